The molecule has 1 nitrogen and oxygen atoms in total. The van der Waals surface area contributed by atoms with E-state index in [2.05, 4.69) is 13.5 Å². The normalized spacial score (nSPS) is 12.9. The molecule has 90 valence electrons. The molecule has 0 radical (unpaired) electrons. The van der Waals surface area contributed by atoms with Gasteiger partial charge in [0.2, 0.25) is 0 Å². The van der Waals surface area contributed by atoms with Gasteiger partial charge in [0, 0.05) is 0 Å². The summed E-state index contributed by atoms with van der Waals surface area (Å²) in [4.78, 5) is 0. The third-order valence-electron chi connectivity index (χ3n) is 2.97. The van der Waals surface area contributed by atoms with Crippen molar-refractivity contribution in [2.24, 2.45) is 0 Å². The summed E-state index contributed by atoms with van der Waals surface area (Å²) in [6.45, 7) is 6.02. The van der Waals surface area contributed by atoms with E-state index in [4.69, 9.17) is 4.12 Å². The van der Waals surface area contributed by atoms with Crippen LogP contribution >= 0.6 is 0 Å². The molecule has 3 heteroatoms. The fraction of sp³-hybridized carbons (Fsp3) is 0.833. The molecule has 1 unspecified atom stereocenters. The molecule has 0 aromatic rings. The van der Waals surface area contributed by atoms with Gasteiger partial charge in [0.05, 0.1) is 0 Å². The van der Waals surface area contributed by atoms with Crippen LogP contribution in [-0.4, -0.2) is 19.5 Å². The molecule has 0 aromatic heterocycles. The van der Waals surface area contributed by atoms with Gasteiger partial charge in [0.15, 0.2) is 9.04 Å². The fourth-order valence-electron chi connectivity index (χ4n) is 1.86. The van der Waals surface area contributed by atoms with Gasteiger partial charge in [-0.15, -0.1) is 6.58 Å². The number of allylic oxidation sites excluding steroid dienone is 1. The first-order valence-corrected chi connectivity index (χ1v) is 9.40. The van der Waals surface area contributed by atoms with E-state index in [0.29, 0.717) is 0 Å². The molecule has 0 aliphatic rings. The first-order valence-electron chi connectivity index (χ1n) is 6.48. The number of unbranched alkanes of at least 4 members (excludes halogenated alkanes) is 6. The SMILES string of the molecule is C=CCCCCCCCC[SiH](CC)O[SiH3]. The van der Waals surface area contributed by atoms with Crippen LogP contribution in [0, 0.1) is 0 Å². The zero-order valence-electron chi connectivity index (χ0n) is 10.6. The highest BCUT2D eigenvalue weighted by Gasteiger charge is 2.04. The second-order valence-electron chi connectivity index (χ2n) is 4.25. The minimum Gasteiger partial charge on any atom is -0.466 e. The van der Waals surface area contributed by atoms with Crippen molar-refractivity contribution in [1.29, 1.82) is 0 Å². The van der Waals surface area contributed by atoms with E-state index in [9.17, 15) is 0 Å². The molecule has 1 atom stereocenters. The van der Waals surface area contributed by atoms with Crippen molar-refractivity contribution in [3.63, 3.8) is 0 Å². The minimum atomic E-state index is -0.714. The van der Waals surface area contributed by atoms with Crippen LogP contribution in [-0.2, 0) is 4.12 Å². The standard InChI is InChI=1S/C12H28OSi2/c1-3-5-6-7-8-9-10-11-12-15(4-2)13-14/h3,15H,1,4-12H2,2,14H3. The highest BCUT2D eigenvalue weighted by atomic mass is 28.3. The monoisotopic (exact) mass is 244 g/mol. The van der Waals surface area contributed by atoms with Crippen molar-refractivity contribution < 1.29 is 4.12 Å². The highest BCUT2D eigenvalue weighted by Crippen LogP contribution is 2.11. The summed E-state index contributed by atoms with van der Waals surface area (Å²) >= 11 is 0. The van der Waals surface area contributed by atoms with Gasteiger partial charge in [-0.2, -0.15) is 0 Å². The van der Waals surface area contributed by atoms with Gasteiger partial charge >= 0.3 is 0 Å². The smallest absolute Gasteiger partial charge is 0.162 e. The van der Waals surface area contributed by atoms with E-state index in [1.165, 1.54) is 57.0 Å². The van der Waals surface area contributed by atoms with E-state index >= 15 is 0 Å². The Morgan fingerprint density at radius 3 is 2.27 bits per heavy atom. The quantitative estimate of drug-likeness (QED) is 0.308. The second kappa shape index (κ2) is 12.2. The summed E-state index contributed by atoms with van der Waals surface area (Å²) in [6.07, 6.45) is 11.6. The molecule has 0 aliphatic heterocycles. The molecule has 15 heavy (non-hydrogen) atoms. The molecule has 0 heterocycles. The Bertz CT molecular complexity index is 136. The summed E-state index contributed by atoms with van der Waals surface area (Å²) in [5.41, 5.74) is 0. The van der Waals surface area contributed by atoms with Crippen LogP contribution in [0.1, 0.15) is 51.9 Å². The van der Waals surface area contributed by atoms with Crippen molar-refractivity contribution >= 4 is 19.5 Å². The molecule has 0 aliphatic carbocycles. The topological polar surface area (TPSA) is 9.23 Å². The van der Waals surface area contributed by atoms with E-state index in [0.717, 1.165) is 10.5 Å². The zero-order chi connectivity index (χ0) is 11.4. The Hall–Kier alpha value is 0.134. The molecule has 0 N–H and O–H groups in total. The predicted molar refractivity (Wildman–Crippen MR) is 76.0 cm³/mol. The fourth-order valence-corrected chi connectivity index (χ4v) is 5.28. The van der Waals surface area contributed by atoms with E-state index in [1.54, 1.807) is 0 Å². The van der Waals surface area contributed by atoms with Crippen LogP contribution in [0.15, 0.2) is 12.7 Å². The van der Waals surface area contributed by atoms with Gasteiger partial charge in [-0.1, -0.05) is 45.1 Å². The molecule has 0 saturated heterocycles. The van der Waals surface area contributed by atoms with Crippen molar-refractivity contribution in [1.82, 2.24) is 0 Å². The van der Waals surface area contributed by atoms with E-state index < -0.39 is 9.04 Å². The van der Waals surface area contributed by atoms with Crippen LogP contribution in [0.5, 0.6) is 0 Å². The van der Waals surface area contributed by atoms with Crippen LogP contribution in [0.2, 0.25) is 12.1 Å². The first-order chi connectivity index (χ1) is 7.35. The number of hydrogen-bond donors (Lipinski definition) is 0. The van der Waals surface area contributed by atoms with Gasteiger partial charge in [0.25, 0.3) is 0 Å². The average molecular weight is 245 g/mol. The number of hydrogen-bond acceptors (Lipinski definition) is 1. The maximum Gasteiger partial charge on any atom is 0.162 e. The Morgan fingerprint density at radius 2 is 1.73 bits per heavy atom. The van der Waals surface area contributed by atoms with Crippen molar-refractivity contribution in [3.8, 4) is 0 Å². The van der Waals surface area contributed by atoms with Gasteiger partial charge in [-0.3, -0.25) is 0 Å². The first kappa shape index (κ1) is 15.1. The summed E-state index contributed by atoms with van der Waals surface area (Å²) < 4.78 is 5.63. The molecule has 0 rings (SSSR count). The molecule has 0 bridgehead atoms. The zero-order valence-corrected chi connectivity index (χ0v) is 13.8. The maximum atomic E-state index is 5.63. The van der Waals surface area contributed by atoms with Crippen molar-refractivity contribution in [2.75, 3.05) is 0 Å². The largest absolute Gasteiger partial charge is 0.466 e. The lowest BCUT2D eigenvalue weighted by Crippen LogP contribution is -2.14. The molecular weight excluding hydrogens is 216 g/mol. The lowest BCUT2D eigenvalue weighted by Gasteiger charge is -2.10. The summed E-state index contributed by atoms with van der Waals surface area (Å²) in [5, 5.41) is 0. The Labute approximate surface area is 101 Å². The third-order valence-corrected chi connectivity index (χ3v) is 7.60. The lowest BCUT2D eigenvalue weighted by atomic mass is 10.1. The minimum absolute atomic E-state index is 0.714. The molecule has 0 aromatic carbocycles. The lowest BCUT2D eigenvalue weighted by molar-refractivity contribution is 0.587. The van der Waals surface area contributed by atoms with Gasteiger partial charge in [-0.25, -0.2) is 0 Å². The van der Waals surface area contributed by atoms with E-state index in [-0.39, 0.29) is 0 Å². The summed E-state index contributed by atoms with van der Waals surface area (Å²) in [6, 6.07) is 2.73. The Balaban J connectivity index is 3.07. The van der Waals surface area contributed by atoms with Gasteiger partial charge < -0.3 is 4.12 Å². The van der Waals surface area contributed by atoms with Crippen LogP contribution in [0.25, 0.3) is 0 Å². The van der Waals surface area contributed by atoms with Gasteiger partial charge in [-0.05, 0) is 24.9 Å². The molecule has 0 spiro atoms. The maximum absolute atomic E-state index is 5.63. The average Bonchev–Trinajstić information content (AvgIpc) is 2.27. The molecule has 0 saturated carbocycles. The van der Waals surface area contributed by atoms with Crippen LogP contribution in [0.4, 0.5) is 0 Å². The van der Waals surface area contributed by atoms with Crippen molar-refractivity contribution in [3.05, 3.63) is 12.7 Å². The summed E-state index contributed by atoms with van der Waals surface area (Å²) in [5.74, 6) is 0. The third kappa shape index (κ3) is 10.4. The Kier molecular flexibility index (Phi) is 12.3. The summed E-state index contributed by atoms with van der Waals surface area (Å²) in [7, 11) is 0.241. The van der Waals surface area contributed by atoms with E-state index in [1.807, 2.05) is 6.08 Å². The molecular formula is C12H28OSi2. The van der Waals surface area contributed by atoms with Crippen LogP contribution in [0.3, 0.4) is 0 Å². The second-order valence-corrected chi connectivity index (χ2v) is 8.78. The van der Waals surface area contributed by atoms with Gasteiger partial charge in [0.1, 0.15) is 10.5 Å². The Morgan fingerprint density at radius 1 is 1.13 bits per heavy atom. The number of rotatable bonds is 11. The highest BCUT2D eigenvalue weighted by molar-refractivity contribution is 6.55. The van der Waals surface area contributed by atoms with Crippen LogP contribution < -0.4 is 0 Å². The van der Waals surface area contributed by atoms with Crippen molar-refractivity contribution in [2.45, 2.75) is 64.0 Å². The molecule has 0 amide bonds. The predicted octanol–water partition coefficient (Wildman–Crippen LogP) is 2.94. The molecule has 0 fully saturated rings.